The van der Waals surface area contributed by atoms with Gasteiger partial charge in [0.25, 0.3) is 0 Å². The Kier molecular flexibility index (Phi) is 7.96. The Morgan fingerprint density at radius 3 is 1.96 bits per heavy atom. The predicted molar refractivity (Wildman–Crippen MR) is 111 cm³/mol. The molecule has 1 N–H and O–H groups in total. The molecule has 0 fully saturated rings. The maximum absolute atomic E-state index is 12.6. The summed E-state index contributed by atoms with van der Waals surface area (Å²) in [5.41, 5.74) is 1.36. The van der Waals surface area contributed by atoms with Crippen molar-refractivity contribution in [2.75, 3.05) is 0 Å². The number of hydrogen-bond acceptors (Lipinski definition) is 2. The van der Waals surface area contributed by atoms with E-state index in [1.807, 2.05) is 6.92 Å². The average molecular weight is 434 g/mol. The van der Waals surface area contributed by atoms with Crippen LogP contribution in [0.25, 0.3) is 0 Å². The third kappa shape index (κ3) is 5.40. The van der Waals surface area contributed by atoms with Gasteiger partial charge in [0.15, 0.2) is 0 Å². The van der Waals surface area contributed by atoms with E-state index in [0.717, 1.165) is 5.56 Å². The molecule has 0 heterocycles. The van der Waals surface area contributed by atoms with Crippen LogP contribution in [0.2, 0.25) is 16.6 Å². The molecule has 1 aromatic rings. The van der Waals surface area contributed by atoms with Crippen molar-refractivity contribution in [1.29, 1.82) is 0 Å². The number of halogens is 3. The summed E-state index contributed by atoms with van der Waals surface area (Å²) >= 11 is 0. The lowest BCUT2D eigenvalue weighted by Gasteiger charge is -2.38. The monoisotopic (exact) mass is 433 g/mol. The maximum atomic E-state index is 12.6. The van der Waals surface area contributed by atoms with Gasteiger partial charge in [-0.2, -0.15) is 13.2 Å². The summed E-state index contributed by atoms with van der Waals surface area (Å²) in [6, 6.07) is 5.16. The zero-order chi connectivity index (χ0) is 21.9. The summed E-state index contributed by atoms with van der Waals surface area (Å²) in [4.78, 5) is 0. The van der Waals surface area contributed by atoms with Gasteiger partial charge in [0.2, 0.25) is 0 Å². The summed E-state index contributed by atoms with van der Waals surface area (Å²) < 4.78 is 62.1. The highest BCUT2D eigenvalue weighted by Gasteiger charge is 2.45. The Bertz CT molecular complexity index is 829. The van der Waals surface area contributed by atoms with Crippen molar-refractivity contribution in [1.82, 2.24) is 4.72 Å². The highest BCUT2D eigenvalue weighted by Crippen LogP contribution is 2.40. The molecule has 0 aliphatic heterocycles. The lowest BCUT2D eigenvalue weighted by molar-refractivity contribution is -0.0448. The third-order valence-electron chi connectivity index (χ3n) is 5.30. The van der Waals surface area contributed by atoms with E-state index in [1.165, 1.54) is 0 Å². The Morgan fingerprint density at radius 2 is 1.54 bits per heavy atom. The fourth-order valence-corrected chi connectivity index (χ4v) is 9.55. The summed E-state index contributed by atoms with van der Waals surface area (Å²) in [7, 11) is -7.42. The number of nitrogens with one attached hydrogen (secondary N) is 1. The van der Waals surface area contributed by atoms with Gasteiger partial charge in [0.1, 0.15) is 8.07 Å². The maximum Gasteiger partial charge on any atom is 0.511 e. The first kappa shape index (κ1) is 24.7. The second kappa shape index (κ2) is 9.01. The molecule has 0 aliphatic carbocycles. The molecule has 0 saturated carbocycles. The van der Waals surface area contributed by atoms with Gasteiger partial charge in [0, 0.05) is 12.1 Å². The molecule has 0 amide bonds. The van der Waals surface area contributed by atoms with Crippen molar-refractivity contribution in [2.24, 2.45) is 0 Å². The highest BCUT2D eigenvalue weighted by atomic mass is 32.2. The molecule has 0 aromatic heterocycles. The van der Waals surface area contributed by atoms with Crippen LogP contribution in [0, 0.1) is 18.4 Å². The van der Waals surface area contributed by atoms with E-state index in [9.17, 15) is 21.6 Å². The molecule has 1 aromatic carbocycles. The first-order chi connectivity index (χ1) is 12.6. The van der Waals surface area contributed by atoms with Crippen LogP contribution < -0.4 is 4.72 Å². The van der Waals surface area contributed by atoms with E-state index in [4.69, 9.17) is 0 Å². The largest absolute Gasteiger partial charge is 0.511 e. The minimum atomic E-state index is -5.40. The first-order valence-corrected chi connectivity index (χ1v) is 13.0. The summed E-state index contributed by atoms with van der Waals surface area (Å²) in [5.74, 6) is 3.21. The quantitative estimate of drug-likeness (QED) is 0.475. The standard InChI is InChI=1S/C20H30F3NO2SSi/c1-14(2)28(15(3)4,16(5)6)11-10-18-12-17(7)8-9-19(18)13-24-27(25,26)20(21,22)23/h8-9,12,14-16,24H,13H2,1-7H3. The Labute approximate surface area is 168 Å². The average Bonchev–Trinajstić information content (AvgIpc) is 2.52. The van der Waals surface area contributed by atoms with E-state index < -0.39 is 30.2 Å². The molecule has 0 atom stereocenters. The number of rotatable bonds is 6. The van der Waals surface area contributed by atoms with E-state index in [0.29, 0.717) is 27.8 Å². The molecule has 0 saturated heterocycles. The van der Waals surface area contributed by atoms with Gasteiger partial charge in [0.05, 0.1) is 0 Å². The number of alkyl halides is 3. The van der Waals surface area contributed by atoms with Crippen molar-refractivity contribution < 1.29 is 21.6 Å². The van der Waals surface area contributed by atoms with E-state index >= 15 is 0 Å². The van der Waals surface area contributed by atoms with Gasteiger partial charge in [-0.3, -0.25) is 0 Å². The number of hydrogen-bond donors (Lipinski definition) is 1. The molecular weight excluding hydrogens is 403 g/mol. The zero-order valence-electron chi connectivity index (χ0n) is 17.5. The minimum Gasteiger partial charge on any atom is -0.203 e. The van der Waals surface area contributed by atoms with Crippen LogP contribution in [0.15, 0.2) is 18.2 Å². The van der Waals surface area contributed by atoms with Crippen LogP contribution >= 0.6 is 0 Å². The van der Waals surface area contributed by atoms with Crippen molar-refractivity contribution in [3.63, 3.8) is 0 Å². The molecule has 1 rings (SSSR count). The summed E-state index contributed by atoms with van der Waals surface area (Å²) in [6.07, 6.45) is 0. The molecule has 158 valence electrons. The second-order valence-electron chi connectivity index (χ2n) is 8.08. The minimum absolute atomic E-state index is 0.414. The molecule has 8 heteroatoms. The van der Waals surface area contributed by atoms with E-state index in [2.05, 4.69) is 53.0 Å². The lowest BCUT2D eigenvalue weighted by Crippen LogP contribution is -2.43. The second-order valence-corrected chi connectivity index (χ2v) is 15.4. The number of sulfonamides is 1. The van der Waals surface area contributed by atoms with Crippen LogP contribution in [-0.4, -0.2) is 22.0 Å². The van der Waals surface area contributed by atoms with Crippen molar-refractivity contribution in [3.05, 3.63) is 34.9 Å². The predicted octanol–water partition coefficient (Wildman–Crippen LogP) is 5.50. The van der Waals surface area contributed by atoms with Crippen molar-refractivity contribution in [2.45, 2.75) is 77.1 Å². The van der Waals surface area contributed by atoms with Crippen LogP contribution in [0.4, 0.5) is 13.2 Å². The molecule has 0 bridgehead atoms. The Morgan fingerprint density at radius 1 is 1.04 bits per heavy atom. The topological polar surface area (TPSA) is 46.2 Å². The lowest BCUT2D eigenvalue weighted by atomic mass is 10.1. The number of benzene rings is 1. The van der Waals surface area contributed by atoms with Crippen LogP contribution in [0.1, 0.15) is 58.2 Å². The van der Waals surface area contributed by atoms with Gasteiger partial charge >= 0.3 is 15.5 Å². The Balaban J connectivity index is 3.38. The molecule has 0 unspecified atom stereocenters. The Hall–Kier alpha value is -1.30. The third-order valence-corrected chi connectivity index (χ3v) is 12.7. The molecule has 0 aliphatic rings. The SMILES string of the molecule is Cc1ccc(CNS(=O)(=O)C(F)(F)F)c(C#C[Si](C(C)C)(C(C)C)C(C)C)c1. The molecule has 3 nitrogen and oxygen atoms in total. The van der Waals surface area contributed by atoms with Gasteiger partial charge in [-0.25, -0.2) is 13.1 Å². The summed E-state index contributed by atoms with van der Waals surface area (Å²) in [6.45, 7) is 14.5. The smallest absolute Gasteiger partial charge is 0.203 e. The van der Waals surface area contributed by atoms with Crippen LogP contribution in [0.3, 0.4) is 0 Å². The summed E-state index contributed by atoms with van der Waals surface area (Å²) in [5, 5.41) is 0. The fraction of sp³-hybridized carbons (Fsp3) is 0.600. The van der Waals surface area contributed by atoms with Crippen LogP contribution in [0.5, 0.6) is 0 Å². The molecule has 28 heavy (non-hydrogen) atoms. The molecule has 0 spiro atoms. The molecule has 0 radical (unpaired) electrons. The fourth-order valence-electron chi connectivity index (χ4n) is 3.82. The van der Waals surface area contributed by atoms with E-state index in [-0.39, 0.29) is 0 Å². The molecular formula is C20H30F3NO2SSi. The van der Waals surface area contributed by atoms with Gasteiger partial charge < -0.3 is 0 Å². The normalized spacial score (nSPS) is 13.2. The highest BCUT2D eigenvalue weighted by molar-refractivity contribution is 7.90. The van der Waals surface area contributed by atoms with E-state index in [1.54, 1.807) is 22.9 Å². The van der Waals surface area contributed by atoms with Gasteiger partial charge in [-0.1, -0.05) is 59.6 Å². The number of aryl methyl sites for hydroxylation is 1. The van der Waals surface area contributed by atoms with Gasteiger partial charge in [-0.05, 0) is 40.7 Å². The van der Waals surface area contributed by atoms with Crippen molar-refractivity contribution in [3.8, 4) is 11.5 Å². The first-order valence-electron chi connectivity index (χ1n) is 9.33. The van der Waals surface area contributed by atoms with Crippen molar-refractivity contribution >= 4 is 18.1 Å². The van der Waals surface area contributed by atoms with Gasteiger partial charge in [-0.15, -0.1) is 5.54 Å². The van der Waals surface area contributed by atoms with Crippen LogP contribution in [-0.2, 0) is 16.6 Å². The zero-order valence-corrected chi connectivity index (χ0v) is 19.3.